The predicted octanol–water partition coefficient (Wildman–Crippen LogP) is 2.21. The Balaban J connectivity index is 1.88. The highest BCUT2D eigenvalue weighted by molar-refractivity contribution is 5.91. The van der Waals surface area contributed by atoms with E-state index < -0.39 is 0 Å². The van der Waals surface area contributed by atoms with Crippen LogP contribution in [0.1, 0.15) is 11.1 Å². The average Bonchev–Trinajstić information content (AvgIpc) is 2.54. The summed E-state index contributed by atoms with van der Waals surface area (Å²) in [5, 5.41) is 18.7. The van der Waals surface area contributed by atoms with E-state index in [2.05, 4.69) is 4.98 Å². The summed E-state index contributed by atoms with van der Waals surface area (Å²) in [5.41, 5.74) is 1.72. The molecule has 5 nitrogen and oxygen atoms in total. The van der Waals surface area contributed by atoms with Gasteiger partial charge in [-0.3, -0.25) is 9.78 Å². The van der Waals surface area contributed by atoms with Gasteiger partial charge in [0.2, 0.25) is 5.91 Å². The van der Waals surface area contributed by atoms with Crippen molar-refractivity contribution in [3.05, 3.63) is 59.9 Å². The van der Waals surface area contributed by atoms with Gasteiger partial charge in [-0.25, -0.2) is 0 Å². The van der Waals surface area contributed by atoms with Crippen molar-refractivity contribution in [1.29, 1.82) is 0 Å². The van der Waals surface area contributed by atoms with Crippen molar-refractivity contribution in [2.45, 2.75) is 6.42 Å². The molecular formula is C17H18N2O3. The van der Waals surface area contributed by atoms with Crippen LogP contribution in [0.15, 0.2) is 48.8 Å². The number of phenolic OH excluding ortho intramolecular Hbond substituents is 2. The van der Waals surface area contributed by atoms with Crippen molar-refractivity contribution in [3.8, 4) is 11.5 Å². The molecule has 114 valence electrons. The van der Waals surface area contributed by atoms with E-state index in [9.17, 15) is 15.0 Å². The molecule has 1 heterocycles. The molecule has 0 unspecified atom stereocenters. The van der Waals surface area contributed by atoms with Crippen molar-refractivity contribution >= 4 is 12.0 Å². The van der Waals surface area contributed by atoms with Gasteiger partial charge in [0.05, 0.1) is 0 Å². The Morgan fingerprint density at radius 1 is 1.27 bits per heavy atom. The lowest BCUT2D eigenvalue weighted by molar-refractivity contribution is -0.124. The first kappa shape index (κ1) is 15.6. The summed E-state index contributed by atoms with van der Waals surface area (Å²) in [6.45, 7) is 0.514. The lowest BCUT2D eigenvalue weighted by Gasteiger charge is -2.15. The standard InChI is InChI=1S/C17H18N2O3/c1-19(10-8-13-4-6-15(20)16(21)11-13)17(22)7-5-14-3-2-9-18-12-14/h2-7,9,11-12,20-21H,8,10H2,1H3. The van der Waals surface area contributed by atoms with Crippen molar-refractivity contribution < 1.29 is 15.0 Å². The third-order valence-corrected chi connectivity index (χ3v) is 3.25. The molecule has 0 radical (unpaired) electrons. The van der Waals surface area contributed by atoms with Gasteiger partial charge in [0.25, 0.3) is 0 Å². The molecule has 2 N–H and O–H groups in total. The Morgan fingerprint density at radius 3 is 2.77 bits per heavy atom. The van der Waals surface area contributed by atoms with Crippen LogP contribution in [0.25, 0.3) is 6.08 Å². The Morgan fingerprint density at radius 2 is 2.09 bits per heavy atom. The molecule has 0 saturated carbocycles. The maximum absolute atomic E-state index is 12.0. The maximum Gasteiger partial charge on any atom is 0.246 e. The van der Waals surface area contributed by atoms with Crippen LogP contribution in [0.3, 0.4) is 0 Å². The largest absolute Gasteiger partial charge is 0.504 e. The molecule has 0 bridgehead atoms. The van der Waals surface area contributed by atoms with Crippen LogP contribution in [0, 0.1) is 0 Å². The number of benzene rings is 1. The smallest absolute Gasteiger partial charge is 0.246 e. The van der Waals surface area contributed by atoms with E-state index >= 15 is 0 Å². The fourth-order valence-corrected chi connectivity index (χ4v) is 1.90. The first-order valence-electron chi connectivity index (χ1n) is 6.90. The number of phenols is 2. The molecule has 2 rings (SSSR count). The third-order valence-electron chi connectivity index (χ3n) is 3.25. The van der Waals surface area contributed by atoms with Gasteiger partial charge < -0.3 is 15.1 Å². The highest BCUT2D eigenvalue weighted by atomic mass is 16.3. The van der Waals surface area contributed by atoms with E-state index in [1.807, 2.05) is 12.1 Å². The topological polar surface area (TPSA) is 73.7 Å². The van der Waals surface area contributed by atoms with E-state index in [0.717, 1.165) is 11.1 Å². The average molecular weight is 298 g/mol. The molecule has 22 heavy (non-hydrogen) atoms. The van der Waals surface area contributed by atoms with E-state index in [-0.39, 0.29) is 17.4 Å². The summed E-state index contributed by atoms with van der Waals surface area (Å²) < 4.78 is 0. The van der Waals surface area contributed by atoms with Gasteiger partial charge in [0.1, 0.15) is 0 Å². The van der Waals surface area contributed by atoms with Crippen LogP contribution >= 0.6 is 0 Å². The zero-order chi connectivity index (χ0) is 15.9. The quantitative estimate of drug-likeness (QED) is 0.655. The number of pyridine rings is 1. The molecule has 2 aromatic rings. The minimum absolute atomic E-state index is 0.105. The molecule has 1 aromatic heterocycles. The number of hydrogen-bond acceptors (Lipinski definition) is 4. The first-order valence-corrected chi connectivity index (χ1v) is 6.90. The van der Waals surface area contributed by atoms with Crippen LogP contribution < -0.4 is 0 Å². The van der Waals surface area contributed by atoms with Crippen LogP contribution in [0.2, 0.25) is 0 Å². The van der Waals surface area contributed by atoms with E-state index in [0.29, 0.717) is 13.0 Å². The van der Waals surface area contributed by atoms with Crippen molar-refractivity contribution in [2.24, 2.45) is 0 Å². The highest BCUT2D eigenvalue weighted by Crippen LogP contribution is 2.25. The third kappa shape index (κ3) is 4.34. The fourth-order valence-electron chi connectivity index (χ4n) is 1.90. The Labute approximate surface area is 129 Å². The molecule has 0 fully saturated rings. The number of hydrogen-bond donors (Lipinski definition) is 2. The Kier molecular flexibility index (Phi) is 5.14. The molecule has 0 saturated heterocycles. The number of carbonyl (C=O) groups excluding carboxylic acids is 1. The van der Waals surface area contributed by atoms with Crippen molar-refractivity contribution in [2.75, 3.05) is 13.6 Å². The number of amides is 1. The number of carbonyl (C=O) groups is 1. The summed E-state index contributed by atoms with van der Waals surface area (Å²) in [6.07, 6.45) is 7.18. The van der Waals surface area contributed by atoms with E-state index in [4.69, 9.17) is 0 Å². The highest BCUT2D eigenvalue weighted by Gasteiger charge is 2.06. The molecular weight excluding hydrogens is 280 g/mol. The van der Waals surface area contributed by atoms with Crippen LogP contribution in [0.4, 0.5) is 0 Å². The molecule has 1 amide bonds. The second kappa shape index (κ2) is 7.26. The molecule has 0 spiro atoms. The van der Waals surface area contributed by atoms with E-state index in [1.165, 1.54) is 18.2 Å². The summed E-state index contributed by atoms with van der Waals surface area (Å²) in [6, 6.07) is 8.34. The van der Waals surface area contributed by atoms with E-state index in [1.54, 1.807) is 36.5 Å². The Bertz CT molecular complexity index is 669. The molecule has 5 heteroatoms. The fraction of sp³-hybridized carbons (Fsp3) is 0.176. The number of aromatic nitrogens is 1. The summed E-state index contributed by atoms with van der Waals surface area (Å²) in [7, 11) is 1.72. The van der Waals surface area contributed by atoms with Crippen LogP contribution in [-0.2, 0) is 11.2 Å². The number of likely N-dealkylation sites (N-methyl/N-ethyl adjacent to an activating group) is 1. The van der Waals surface area contributed by atoms with Gasteiger partial charge >= 0.3 is 0 Å². The second-order valence-corrected chi connectivity index (χ2v) is 4.95. The predicted molar refractivity (Wildman–Crippen MR) is 84.4 cm³/mol. The second-order valence-electron chi connectivity index (χ2n) is 4.95. The maximum atomic E-state index is 12.0. The number of nitrogens with zero attached hydrogens (tertiary/aromatic N) is 2. The zero-order valence-corrected chi connectivity index (χ0v) is 12.3. The molecule has 0 aliphatic rings. The summed E-state index contributed by atoms with van der Waals surface area (Å²) in [4.78, 5) is 17.6. The van der Waals surface area contributed by atoms with Crippen LogP contribution in [0.5, 0.6) is 11.5 Å². The first-order chi connectivity index (χ1) is 10.6. The zero-order valence-electron chi connectivity index (χ0n) is 12.3. The lowest BCUT2D eigenvalue weighted by atomic mass is 10.1. The lowest BCUT2D eigenvalue weighted by Crippen LogP contribution is -2.27. The number of rotatable bonds is 5. The van der Waals surface area contributed by atoms with Gasteiger partial charge in [0.15, 0.2) is 11.5 Å². The van der Waals surface area contributed by atoms with Gasteiger partial charge in [0, 0.05) is 32.1 Å². The normalized spacial score (nSPS) is 10.8. The SMILES string of the molecule is CN(CCc1ccc(O)c(O)c1)C(=O)C=Cc1cccnc1. The van der Waals surface area contributed by atoms with Gasteiger partial charge in [-0.15, -0.1) is 0 Å². The minimum atomic E-state index is -0.150. The molecule has 0 aliphatic heterocycles. The minimum Gasteiger partial charge on any atom is -0.504 e. The summed E-state index contributed by atoms with van der Waals surface area (Å²) in [5.74, 6) is -0.401. The van der Waals surface area contributed by atoms with Gasteiger partial charge in [-0.1, -0.05) is 12.1 Å². The number of aromatic hydroxyl groups is 2. The van der Waals surface area contributed by atoms with Crippen molar-refractivity contribution in [3.63, 3.8) is 0 Å². The molecule has 1 aromatic carbocycles. The van der Waals surface area contributed by atoms with Gasteiger partial charge in [-0.2, -0.15) is 0 Å². The molecule has 0 atom stereocenters. The Hall–Kier alpha value is -2.82. The van der Waals surface area contributed by atoms with Crippen molar-refractivity contribution in [1.82, 2.24) is 9.88 Å². The summed E-state index contributed by atoms with van der Waals surface area (Å²) >= 11 is 0. The van der Waals surface area contributed by atoms with Crippen LogP contribution in [-0.4, -0.2) is 39.6 Å². The monoisotopic (exact) mass is 298 g/mol. The van der Waals surface area contributed by atoms with Gasteiger partial charge in [-0.05, 0) is 41.8 Å². The molecule has 0 aliphatic carbocycles.